The van der Waals surface area contributed by atoms with Crippen molar-refractivity contribution in [2.24, 2.45) is 0 Å². The summed E-state index contributed by atoms with van der Waals surface area (Å²) >= 11 is 0. The van der Waals surface area contributed by atoms with Crippen LogP contribution < -0.4 is 4.74 Å². The van der Waals surface area contributed by atoms with E-state index < -0.39 is 6.36 Å². The van der Waals surface area contributed by atoms with Crippen molar-refractivity contribution in [1.29, 1.82) is 0 Å². The number of halogens is 3. The summed E-state index contributed by atoms with van der Waals surface area (Å²) in [6.07, 6.45) is 3.73. The van der Waals surface area contributed by atoms with Crippen molar-refractivity contribution in [3.05, 3.63) is 48.3 Å². The lowest BCUT2D eigenvalue weighted by Crippen LogP contribution is -2.16. The Bertz CT molecular complexity index is 612. The number of alkyl halides is 3. The largest absolute Gasteiger partial charge is 0.573 e. The van der Waals surface area contributed by atoms with Crippen molar-refractivity contribution < 1.29 is 17.9 Å². The van der Waals surface area contributed by atoms with Crippen LogP contribution in [0.3, 0.4) is 0 Å². The number of pyridine rings is 1. The molecule has 0 bridgehead atoms. The second kappa shape index (κ2) is 5.02. The lowest BCUT2D eigenvalue weighted by atomic mass is 10.0. The van der Waals surface area contributed by atoms with E-state index >= 15 is 0 Å². The molecule has 0 spiro atoms. The molecule has 96 valence electrons. The molecular formula is C14H8F3NO. The van der Waals surface area contributed by atoms with Crippen molar-refractivity contribution >= 4 is 0 Å². The number of aromatic nitrogens is 1. The predicted octanol–water partition coefficient (Wildman–Crippen LogP) is 3.63. The molecule has 2 aromatic rings. The van der Waals surface area contributed by atoms with Crippen LogP contribution in [0.25, 0.3) is 11.1 Å². The lowest BCUT2D eigenvalue weighted by Gasteiger charge is -2.09. The van der Waals surface area contributed by atoms with E-state index in [1.165, 1.54) is 30.5 Å². The Labute approximate surface area is 107 Å². The highest BCUT2D eigenvalue weighted by molar-refractivity contribution is 5.70. The number of nitrogens with zero attached hydrogens (tertiary/aromatic N) is 1. The van der Waals surface area contributed by atoms with E-state index in [4.69, 9.17) is 6.42 Å². The molecule has 5 heteroatoms. The highest BCUT2D eigenvalue weighted by atomic mass is 19.4. The summed E-state index contributed by atoms with van der Waals surface area (Å²) in [5.74, 6) is 2.20. The van der Waals surface area contributed by atoms with Crippen LogP contribution in [-0.4, -0.2) is 11.3 Å². The van der Waals surface area contributed by atoms with E-state index in [9.17, 15) is 13.2 Å². The molecule has 0 saturated carbocycles. The third-order valence-electron chi connectivity index (χ3n) is 2.38. The van der Waals surface area contributed by atoms with Gasteiger partial charge in [0.2, 0.25) is 0 Å². The first kappa shape index (κ1) is 13.0. The number of hydrogen-bond acceptors (Lipinski definition) is 2. The Morgan fingerprint density at radius 3 is 2.37 bits per heavy atom. The molecule has 2 nitrogen and oxygen atoms in total. The molecule has 0 aliphatic heterocycles. The Morgan fingerprint density at radius 2 is 1.79 bits per heavy atom. The molecule has 2 rings (SSSR count). The minimum Gasteiger partial charge on any atom is -0.406 e. The average Bonchev–Trinajstić information content (AvgIpc) is 2.38. The van der Waals surface area contributed by atoms with Crippen molar-refractivity contribution in [1.82, 2.24) is 4.98 Å². The fraction of sp³-hybridized carbons (Fsp3) is 0.0714. The fourth-order valence-electron chi connectivity index (χ4n) is 1.60. The van der Waals surface area contributed by atoms with Crippen molar-refractivity contribution in [3.63, 3.8) is 0 Å². The van der Waals surface area contributed by atoms with E-state index in [0.29, 0.717) is 11.1 Å². The van der Waals surface area contributed by atoms with Gasteiger partial charge >= 0.3 is 6.36 Å². The van der Waals surface area contributed by atoms with Crippen LogP contribution in [0, 0.1) is 12.3 Å². The van der Waals surface area contributed by atoms with E-state index in [2.05, 4.69) is 15.6 Å². The first-order chi connectivity index (χ1) is 8.99. The van der Waals surface area contributed by atoms with Gasteiger partial charge in [0.1, 0.15) is 5.75 Å². The Hall–Kier alpha value is -2.48. The molecule has 1 aromatic carbocycles. The van der Waals surface area contributed by atoms with Crippen LogP contribution in [0.2, 0.25) is 0 Å². The predicted molar refractivity (Wildman–Crippen MR) is 64.3 cm³/mol. The Morgan fingerprint density at radius 1 is 1.11 bits per heavy atom. The van der Waals surface area contributed by atoms with Crippen LogP contribution in [0.15, 0.2) is 42.7 Å². The normalized spacial score (nSPS) is 10.8. The summed E-state index contributed by atoms with van der Waals surface area (Å²) in [6.45, 7) is 0. The fourth-order valence-corrected chi connectivity index (χ4v) is 1.60. The Balaban J connectivity index is 2.31. The molecule has 0 aliphatic rings. The van der Waals surface area contributed by atoms with Crippen LogP contribution in [0.4, 0.5) is 13.2 Å². The van der Waals surface area contributed by atoms with Crippen LogP contribution in [0.1, 0.15) is 5.56 Å². The summed E-state index contributed by atoms with van der Waals surface area (Å²) in [5.41, 5.74) is 2.01. The number of hydrogen-bond donors (Lipinski definition) is 0. The van der Waals surface area contributed by atoms with Gasteiger partial charge in [0.25, 0.3) is 0 Å². The number of rotatable bonds is 2. The summed E-state index contributed by atoms with van der Waals surface area (Å²) in [5, 5.41) is 0. The molecule has 0 radical (unpaired) electrons. The quantitative estimate of drug-likeness (QED) is 0.772. The third kappa shape index (κ3) is 3.26. The van der Waals surface area contributed by atoms with Gasteiger partial charge in [-0.3, -0.25) is 4.98 Å². The molecule has 0 aliphatic carbocycles. The monoisotopic (exact) mass is 263 g/mol. The minimum atomic E-state index is -4.69. The van der Waals surface area contributed by atoms with Crippen LogP contribution >= 0.6 is 0 Å². The first-order valence-electron chi connectivity index (χ1n) is 5.26. The zero-order chi connectivity index (χ0) is 13.9. The van der Waals surface area contributed by atoms with Gasteiger partial charge in [0, 0.05) is 18.0 Å². The molecule has 0 fully saturated rings. The van der Waals surface area contributed by atoms with Gasteiger partial charge in [0.05, 0.1) is 5.56 Å². The molecule has 1 aromatic heterocycles. The summed E-state index contributed by atoms with van der Waals surface area (Å²) < 4.78 is 39.9. The van der Waals surface area contributed by atoms with Gasteiger partial charge in [-0.15, -0.1) is 19.6 Å². The Kier molecular flexibility index (Phi) is 3.43. The summed E-state index contributed by atoms with van der Waals surface area (Å²) in [7, 11) is 0. The van der Waals surface area contributed by atoms with E-state index in [-0.39, 0.29) is 5.75 Å². The maximum atomic E-state index is 12.0. The molecular weight excluding hydrogens is 255 g/mol. The lowest BCUT2D eigenvalue weighted by molar-refractivity contribution is -0.274. The highest BCUT2D eigenvalue weighted by Gasteiger charge is 2.30. The van der Waals surface area contributed by atoms with Gasteiger partial charge in [-0.1, -0.05) is 18.1 Å². The number of ether oxygens (including phenoxy) is 1. The van der Waals surface area contributed by atoms with E-state index in [1.54, 1.807) is 12.3 Å². The van der Waals surface area contributed by atoms with Gasteiger partial charge in [-0.2, -0.15) is 0 Å². The topological polar surface area (TPSA) is 22.1 Å². The zero-order valence-electron chi connectivity index (χ0n) is 9.61. The van der Waals surface area contributed by atoms with Crippen molar-refractivity contribution in [2.75, 3.05) is 0 Å². The first-order valence-corrected chi connectivity index (χ1v) is 5.26. The van der Waals surface area contributed by atoms with E-state index in [1.807, 2.05) is 0 Å². The molecule has 0 N–H and O–H groups in total. The summed E-state index contributed by atoms with van der Waals surface area (Å²) in [6, 6.07) is 7.20. The molecule has 0 unspecified atom stereocenters. The standard InChI is InChI=1S/C14H8F3NO/c1-2-10-9-18-8-7-13(10)11-3-5-12(6-4-11)19-14(15,16)17/h1,3-9H. The molecule has 0 amide bonds. The van der Waals surface area contributed by atoms with Gasteiger partial charge < -0.3 is 4.74 Å². The summed E-state index contributed by atoms with van der Waals surface area (Å²) in [4.78, 5) is 3.89. The molecule has 0 atom stereocenters. The van der Waals surface area contributed by atoms with Gasteiger partial charge in [-0.05, 0) is 23.8 Å². The highest BCUT2D eigenvalue weighted by Crippen LogP contribution is 2.27. The van der Waals surface area contributed by atoms with E-state index in [0.717, 1.165) is 5.56 Å². The SMILES string of the molecule is C#Cc1cnccc1-c1ccc(OC(F)(F)F)cc1. The van der Waals surface area contributed by atoms with Crippen molar-refractivity contribution in [2.45, 2.75) is 6.36 Å². The minimum absolute atomic E-state index is 0.271. The zero-order valence-corrected chi connectivity index (χ0v) is 9.61. The smallest absolute Gasteiger partial charge is 0.406 e. The second-order valence-electron chi connectivity index (χ2n) is 3.64. The molecule has 1 heterocycles. The second-order valence-corrected chi connectivity index (χ2v) is 3.64. The van der Waals surface area contributed by atoms with Gasteiger partial charge in [0.15, 0.2) is 0 Å². The molecule has 0 saturated heterocycles. The van der Waals surface area contributed by atoms with Gasteiger partial charge in [-0.25, -0.2) is 0 Å². The number of benzene rings is 1. The van der Waals surface area contributed by atoms with Crippen molar-refractivity contribution in [3.8, 4) is 29.2 Å². The number of terminal acetylenes is 1. The third-order valence-corrected chi connectivity index (χ3v) is 2.38. The van der Waals surface area contributed by atoms with Crippen LogP contribution in [0.5, 0.6) is 5.75 Å². The maximum Gasteiger partial charge on any atom is 0.573 e. The van der Waals surface area contributed by atoms with Crippen LogP contribution in [-0.2, 0) is 0 Å². The average molecular weight is 263 g/mol. The molecule has 19 heavy (non-hydrogen) atoms. The maximum absolute atomic E-state index is 12.0.